The van der Waals surface area contributed by atoms with Crippen LogP contribution in [0, 0.1) is 0 Å². The number of carboxylic acid groups (broad SMARTS) is 1. The minimum atomic E-state index is -3.88. The van der Waals surface area contributed by atoms with E-state index in [1.165, 1.54) is 23.5 Å². The van der Waals surface area contributed by atoms with Gasteiger partial charge in [-0.3, -0.25) is 4.79 Å². The first kappa shape index (κ1) is 15.8. The summed E-state index contributed by atoms with van der Waals surface area (Å²) in [5.41, 5.74) is 0. The normalized spacial score (nSPS) is 13.2. The SMILES string of the molecule is C=CCC(NS(=O)(=O)c1cc(Br)sc1Br)C(=O)O. The average molecular weight is 419 g/mol. The van der Waals surface area contributed by atoms with Crippen LogP contribution in [-0.4, -0.2) is 25.5 Å². The van der Waals surface area contributed by atoms with Crippen LogP contribution in [0.15, 0.2) is 31.2 Å². The van der Waals surface area contributed by atoms with Crippen LogP contribution in [-0.2, 0) is 14.8 Å². The lowest BCUT2D eigenvalue weighted by Gasteiger charge is -2.12. The second-order valence-electron chi connectivity index (χ2n) is 3.22. The number of thiophene rings is 1. The number of aliphatic carboxylic acids is 1. The Bertz CT molecular complexity index is 567. The van der Waals surface area contributed by atoms with Crippen molar-refractivity contribution in [3.63, 3.8) is 0 Å². The molecular formula is C9H9Br2NO4S2. The molecule has 0 spiro atoms. The maximum atomic E-state index is 12.0. The van der Waals surface area contributed by atoms with Crippen LogP contribution >= 0.6 is 43.2 Å². The predicted octanol–water partition coefficient (Wildman–Crippen LogP) is 2.58. The highest BCUT2D eigenvalue weighted by Gasteiger charge is 2.27. The van der Waals surface area contributed by atoms with Crippen molar-refractivity contribution in [3.8, 4) is 0 Å². The van der Waals surface area contributed by atoms with Gasteiger partial charge in [0.15, 0.2) is 0 Å². The van der Waals surface area contributed by atoms with Crippen molar-refractivity contribution in [2.45, 2.75) is 17.4 Å². The zero-order valence-corrected chi connectivity index (χ0v) is 13.7. The van der Waals surface area contributed by atoms with Crippen LogP contribution in [0.1, 0.15) is 6.42 Å². The van der Waals surface area contributed by atoms with Gasteiger partial charge in [-0.05, 0) is 44.3 Å². The Morgan fingerprint density at radius 3 is 2.61 bits per heavy atom. The van der Waals surface area contributed by atoms with Crippen LogP contribution in [0.25, 0.3) is 0 Å². The monoisotopic (exact) mass is 417 g/mol. The summed E-state index contributed by atoms with van der Waals surface area (Å²) in [5, 5.41) is 8.90. The fourth-order valence-electron chi connectivity index (χ4n) is 1.13. The molecule has 1 aromatic rings. The number of hydrogen-bond acceptors (Lipinski definition) is 4. The van der Waals surface area contributed by atoms with Crippen molar-refractivity contribution in [1.82, 2.24) is 4.72 Å². The van der Waals surface area contributed by atoms with Gasteiger partial charge in [0.2, 0.25) is 10.0 Å². The second kappa shape index (κ2) is 6.29. The highest BCUT2D eigenvalue weighted by molar-refractivity contribution is 9.12. The Morgan fingerprint density at radius 1 is 1.61 bits per heavy atom. The van der Waals surface area contributed by atoms with Gasteiger partial charge in [-0.2, -0.15) is 4.72 Å². The molecule has 1 rings (SSSR count). The predicted molar refractivity (Wildman–Crippen MR) is 76.3 cm³/mol. The Balaban J connectivity index is 3.04. The van der Waals surface area contributed by atoms with Gasteiger partial charge in [0.25, 0.3) is 0 Å². The first-order valence-corrected chi connectivity index (χ1v) is 8.47. The van der Waals surface area contributed by atoms with Crippen molar-refractivity contribution < 1.29 is 18.3 Å². The molecular weight excluding hydrogens is 410 g/mol. The summed E-state index contributed by atoms with van der Waals surface area (Å²) in [7, 11) is -3.88. The first-order valence-electron chi connectivity index (χ1n) is 4.58. The molecule has 2 N–H and O–H groups in total. The van der Waals surface area contributed by atoms with Crippen LogP contribution in [0.2, 0.25) is 0 Å². The fraction of sp³-hybridized carbons (Fsp3) is 0.222. The van der Waals surface area contributed by atoms with E-state index in [4.69, 9.17) is 5.11 Å². The van der Waals surface area contributed by atoms with Crippen molar-refractivity contribution in [2.24, 2.45) is 0 Å². The second-order valence-corrected chi connectivity index (χ2v) is 8.66. The summed E-state index contributed by atoms with van der Waals surface area (Å²) in [6, 6.07) is 0.183. The van der Waals surface area contributed by atoms with Gasteiger partial charge in [-0.15, -0.1) is 17.9 Å². The minimum Gasteiger partial charge on any atom is -0.480 e. The largest absolute Gasteiger partial charge is 0.480 e. The number of rotatable bonds is 6. The Morgan fingerprint density at radius 2 is 2.22 bits per heavy atom. The van der Waals surface area contributed by atoms with Crippen molar-refractivity contribution in [3.05, 3.63) is 26.3 Å². The Hall–Kier alpha value is -0.220. The molecule has 5 nitrogen and oxygen atoms in total. The van der Waals surface area contributed by atoms with E-state index in [9.17, 15) is 13.2 Å². The highest BCUT2D eigenvalue weighted by atomic mass is 79.9. The topological polar surface area (TPSA) is 83.5 Å². The van der Waals surface area contributed by atoms with Crippen LogP contribution in [0.3, 0.4) is 0 Å². The fourth-order valence-corrected chi connectivity index (χ4v) is 6.14. The molecule has 100 valence electrons. The van der Waals surface area contributed by atoms with E-state index in [1.54, 1.807) is 0 Å². The molecule has 1 heterocycles. The zero-order chi connectivity index (χ0) is 13.9. The summed E-state index contributed by atoms with van der Waals surface area (Å²) < 4.78 is 27.2. The molecule has 0 saturated carbocycles. The van der Waals surface area contributed by atoms with Gasteiger partial charge in [0, 0.05) is 0 Å². The van der Waals surface area contributed by atoms with E-state index in [-0.39, 0.29) is 11.3 Å². The molecule has 0 aliphatic heterocycles. The third-order valence-electron chi connectivity index (χ3n) is 1.91. The molecule has 18 heavy (non-hydrogen) atoms. The van der Waals surface area contributed by atoms with E-state index >= 15 is 0 Å². The van der Waals surface area contributed by atoms with Crippen molar-refractivity contribution in [2.75, 3.05) is 0 Å². The van der Waals surface area contributed by atoms with Crippen LogP contribution in [0.5, 0.6) is 0 Å². The van der Waals surface area contributed by atoms with E-state index in [2.05, 4.69) is 43.2 Å². The third-order valence-corrected chi connectivity index (χ3v) is 6.14. The van der Waals surface area contributed by atoms with Gasteiger partial charge in [0.05, 0.1) is 7.57 Å². The quantitative estimate of drug-likeness (QED) is 0.695. The number of hydrogen-bond donors (Lipinski definition) is 2. The summed E-state index contributed by atoms with van der Waals surface area (Å²) in [4.78, 5) is 10.9. The molecule has 0 bridgehead atoms. The first-order chi connectivity index (χ1) is 8.27. The lowest BCUT2D eigenvalue weighted by Crippen LogP contribution is -2.40. The third kappa shape index (κ3) is 3.89. The molecule has 0 radical (unpaired) electrons. The van der Waals surface area contributed by atoms with Gasteiger partial charge in [-0.25, -0.2) is 8.42 Å². The number of carboxylic acids is 1. The smallest absolute Gasteiger partial charge is 0.322 e. The summed E-state index contributed by atoms with van der Waals surface area (Å²) in [6.45, 7) is 3.39. The number of nitrogens with one attached hydrogen (secondary N) is 1. The minimum absolute atomic E-state index is 0.00897. The molecule has 0 amide bonds. The lowest BCUT2D eigenvalue weighted by atomic mass is 10.2. The van der Waals surface area contributed by atoms with Gasteiger partial charge in [0.1, 0.15) is 10.9 Å². The zero-order valence-electron chi connectivity index (χ0n) is 8.89. The van der Waals surface area contributed by atoms with Crippen molar-refractivity contribution in [1.29, 1.82) is 0 Å². The van der Waals surface area contributed by atoms with E-state index in [0.717, 1.165) is 0 Å². The molecule has 0 aliphatic rings. The standard InChI is InChI=1S/C9H9Br2NO4S2/c1-2-3-5(9(13)14)12-18(15,16)6-4-7(10)17-8(6)11/h2,4-5,12H,1,3H2,(H,13,14). The molecule has 1 aromatic heterocycles. The lowest BCUT2D eigenvalue weighted by molar-refractivity contribution is -0.138. The highest BCUT2D eigenvalue weighted by Crippen LogP contribution is 2.34. The molecule has 0 aromatic carbocycles. The Labute approximate surface area is 125 Å². The molecule has 0 fully saturated rings. The molecule has 9 heteroatoms. The molecule has 0 aliphatic carbocycles. The van der Waals surface area contributed by atoms with Gasteiger partial charge >= 0.3 is 5.97 Å². The van der Waals surface area contributed by atoms with Crippen LogP contribution < -0.4 is 4.72 Å². The van der Waals surface area contributed by atoms with E-state index in [0.29, 0.717) is 7.57 Å². The molecule has 0 saturated heterocycles. The van der Waals surface area contributed by atoms with E-state index < -0.39 is 22.0 Å². The summed E-state index contributed by atoms with van der Waals surface area (Å²) >= 11 is 7.48. The number of carbonyl (C=O) groups is 1. The average Bonchev–Trinajstić information content (AvgIpc) is 2.57. The van der Waals surface area contributed by atoms with Crippen LogP contribution in [0.4, 0.5) is 0 Å². The summed E-state index contributed by atoms with van der Waals surface area (Å²) in [6.07, 6.45) is 1.36. The number of sulfonamides is 1. The number of halogens is 2. The van der Waals surface area contributed by atoms with Crippen molar-refractivity contribution >= 4 is 59.2 Å². The molecule has 1 atom stereocenters. The van der Waals surface area contributed by atoms with E-state index in [1.807, 2.05) is 0 Å². The summed E-state index contributed by atoms with van der Waals surface area (Å²) in [5.74, 6) is -1.25. The van der Waals surface area contributed by atoms with Gasteiger partial charge in [-0.1, -0.05) is 6.08 Å². The maximum Gasteiger partial charge on any atom is 0.322 e. The molecule has 1 unspecified atom stereocenters. The maximum absolute atomic E-state index is 12.0. The van der Waals surface area contributed by atoms with Gasteiger partial charge < -0.3 is 5.11 Å². The Kier molecular flexibility index (Phi) is 5.53.